The molecule has 0 radical (unpaired) electrons. The average Bonchev–Trinajstić information content (AvgIpc) is 2.59. The summed E-state index contributed by atoms with van der Waals surface area (Å²) in [4.78, 5) is 4.50. The van der Waals surface area contributed by atoms with E-state index in [9.17, 15) is 5.11 Å². The third-order valence-corrected chi connectivity index (χ3v) is 3.80. The van der Waals surface area contributed by atoms with Gasteiger partial charge in [0.2, 0.25) is 6.29 Å². The Morgan fingerprint density at radius 2 is 1.96 bits per heavy atom. The first-order valence-electron chi connectivity index (χ1n) is 8.18. The molecule has 0 aliphatic carbocycles. The molecule has 1 aromatic carbocycles. The summed E-state index contributed by atoms with van der Waals surface area (Å²) < 4.78 is 11.6. The molecule has 5 nitrogen and oxygen atoms in total. The Morgan fingerprint density at radius 1 is 1.21 bits per heavy atom. The number of nitrogens with one attached hydrogen (secondary N) is 1. The molecule has 128 valence electrons. The van der Waals surface area contributed by atoms with Crippen LogP contribution in [-0.4, -0.2) is 22.2 Å². The number of hydrogen-bond acceptors (Lipinski definition) is 5. The van der Waals surface area contributed by atoms with Crippen molar-refractivity contribution in [1.82, 2.24) is 10.3 Å². The lowest BCUT2D eigenvalue weighted by atomic mass is 10.1. The molecular weight excluding hydrogens is 304 g/mol. The molecule has 2 heterocycles. The lowest BCUT2D eigenvalue weighted by molar-refractivity contribution is -0.113. The van der Waals surface area contributed by atoms with E-state index in [1.54, 1.807) is 6.07 Å². The van der Waals surface area contributed by atoms with Gasteiger partial charge in [0.25, 0.3) is 0 Å². The minimum absolute atomic E-state index is 0.0513. The fourth-order valence-electron chi connectivity index (χ4n) is 2.49. The number of rotatable bonds is 4. The molecule has 2 N–H and O–H groups in total. The van der Waals surface area contributed by atoms with E-state index in [4.69, 9.17) is 9.47 Å². The maximum Gasteiger partial charge on any atom is 0.227 e. The number of nitrogens with zero attached hydrogens (tertiary/aromatic N) is 1. The number of pyridine rings is 1. The van der Waals surface area contributed by atoms with Gasteiger partial charge in [-0.05, 0) is 32.9 Å². The van der Waals surface area contributed by atoms with Crippen molar-refractivity contribution in [1.29, 1.82) is 0 Å². The van der Waals surface area contributed by atoms with Gasteiger partial charge >= 0.3 is 0 Å². The van der Waals surface area contributed by atoms with Crippen LogP contribution in [0.5, 0.6) is 5.75 Å². The molecule has 0 saturated carbocycles. The van der Waals surface area contributed by atoms with Crippen LogP contribution in [0.1, 0.15) is 50.1 Å². The first kappa shape index (κ1) is 16.9. The minimum atomic E-state index is -0.665. The van der Waals surface area contributed by atoms with Gasteiger partial charge in [-0.15, -0.1) is 0 Å². The van der Waals surface area contributed by atoms with Crippen LogP contribution in [0.15, 0.2) is 42.5 Å². The highest BCUT2D eigenvalue weighted by Crippen LogP contribution is 2.32. The van der Waals surface area contributed by atoms with E-state index in [0.717, 1.165) is 11.3 Å². The Hall–Kier alpha value is -1.95. The summed E-state index contributed by atoms with van der Waals surface area (Å²) in [5.74, 6) is 0.704. The minimum Gasteiger partial charge on any atom is -0.459 e. The molecule has 0 amide bonds. The van der Waals surface area contributed by atoms with E-state index < -0.39 is 12.4 Å². The summed E-state index contributed by atoms with van der Waals surface area (Å²) >= 11 is 0. The van der Waals surface area contributed by atoms with Crippen molar-refractivity contribution in [3.05, 3.63) is 59.4 Å². The van der Waals surface area contributed by atoms with E-state index in [2.05, 4.69) is 31.1 Å². The van der Waals surface area contributed by atoms with Crippen molar-refractivity contribution in [3.63, 3.8) is 0 Å². The first-order chi connectivity index (χ1) is 11.4. The SMILES string of the molecule is CC(C)(C)NC[C@@H](O)c1ccc2c(n1)CO[C@H](c1ccccc1)O2. The largest absolute Gasteiger partial charge is 0.459 e. The standard InChI is InChI=1S/C19H24N2O3/c1-19(2,3)20-11-16(22)14-9-10-17-15(21-14)12-23-18(24-17)13-7-5-4-6-8-13/h4-10,16,18,20,22H,11-12H2,1-3H3/t16-,18+/m1/s1. The summed E-state index contributed by atoms with van der Waals surface area (Å²) in [6.07, 6.45) is -1.08. The maximum absolute atomic E-state index is 10.3. The highest BCUT2D eigenvalue weighted by molar-refractivity contribution is 5.32. The third-order valence-electron chi connectivity index (χ3n) is 3.80. The van der Waals surface area contributed by atoms with Crippen LogP contribution in [0.2, 0.25) is 0 Å². The van der Waals surface area contributed by atoms with E-state index in [1.807, 2.05) is 36.4 Å². The molecule has 0 fully saturated rings. The van der Waals surface area contributed by atoms with Gasteiger partial charge in [-0.1, -0.05) is 30.3 Å². The van der Waals surface area contributed by atoms with Gasteiger partial charge in [0.05, 0.1) is 12.3 Å². The predicted molar refractivity (Wildman–Crippen MR) is 91.6 cm³/mol. The normalized spacial score (nSPS) is 18.6. The molecule has 1 aliphatic heterocycles. The van der Waals surface area contributed by atoms with E-state index >= 15 is 0 Å². The fraction of sp³-hybridized carbons (Fsp3) is 0.421. The number of β-amino-alcohol motifs (C(OH)–C–C–N with tert-alkyl or cyclic N) is 1. The zero-order valence-corrected chi connectivity index (χ0v) is 14.3. The average molecular weight is 328 g/mol. The van der Waals surface area contributed by atoms with Crippen molar-refractivity contribution in [2.45, 2.75) is 45.3 Å². The number of ether oxygens (including phenoxy) is 2. The van der Waals surface area contributed by atoms with Crippen LogP contribution in [0, 0.1) is 0 Å². The van der Waals surface area contributed by atoms with Crippen LogP contribution >= 0.6 is 0 Å². The Labute approximate surface area is 142 Å². The number of hydrogen-bond donors (Lipinski definition) is 2. The number of benzene rings is 1. The van der Waals surface area contributed by atoms with Gasteiger partial charge in [0.15, 0.2) is 0 Å². The van der Waals surface area contributed by atoms with Crippen molar-refractivity contribution >= 4 is 0 Å². The number of fused-ring (bicyclic) bond motifs is 1. The van der Waals surface area contributed by atoms with Gasteiger partial charge < -0.3 is 19.9 Å². The molecule has 24 heavy (non-hydrogen) atoms. The molecule has 0 unspecified atom stereocenters. The number of aliphatic hydroxyl groups excluding tert-OH is 1. The van der Waals surface area contributed by atoms with Crippen molar-refractivity contribution < 1.29 is 14.6 Å². The number of aromatic nitrogens is 1. The molecular formula is C19H24N2O3. The van der Waals surface area contributed by atoms with Crippen LogP contribution in [0.25, 0.3) is 0 Å². The second-order valence-electron chi connectivity index (χ2n) is 7.00. The van der Waals surface area contributed by atoms with Crippen molar-refractivity contribution in [3.8, 4) is 5.75 Å². The molecule has 0 saturated heterocycles. The molecule has 1 aliphatic rings. The summed E-state index contributed by atoms with van der Waals surface area (Å²) in [5.41, 5.74) is 2.26. The van der Waals surface area contributed by atoms with Gasteiger partial charge in [-0.25, -0.2) is 4.98 Å². The molecule has 1 aromatic heterocycles. The lowest BCUT2D eigenvalue weighted by Crippen LogP contribution is -2.38. The van der Waals surface area contributed by atoms with E-state index in [0.29, 0.717) is 24.6 Å². The predicted octanol–water partition coefficient (Wildman–Crippen LogP) is 3.11. The summed E-state index contributed by atoms with van der Waals surface area (Å²) in [5, 5.41) is 13.6. The summed E-state index contributed by atoms with van der Waals surface area (Å²) in [6, 6.07) is 13.5. The third kappa shape index (κ3) is 4.12. The smallest absolute Gasteiger partial charge is 0.227 e. The quantitative estimate of drug-likeness (QED) is 0.903. The fourth-order valence-corrected chi connectivity index (χ4v) is 2.49. The topological polar surface area (TPSA) is 63.6 Å². The lowest BCUT2D eigenvalue weighted by Gasteiger charge is -2.27. The monoisotopic (exact) mass is 328 g/mol. The Balaban J connectivity index is 1.70. The van der Waals surface area contributed by atoms with Gasteiger partial charge in [0.1, 0.15) is 17.5 Å². The van der Waals surface area contributed by atoms with Gasteiger partial charge in [-0.3, -0.25) is 0 Å². The zero-order chi connectivity index (χ0) is 17.2. The Bertz CT molecular complexity index is 683. The number of aliphatic hydroxyl groups is 1. The van der Waals surface area contributed by atoms with Gasteiger partial charge in [0, 0.05) is 17.6 Å². The highest BCUT2D eigenvalue weighted by atomic mass is 16.7. The molecule has 0 spiro atoms. The first-order valence-corrected chi connectivity index (χ1v) is 8.18. The Kier molecular flexibility index (Phi) is 4.85. The van der Waals surface area contributed by atoms with E-state index in [-0.39, 0.29) is 5.54 Å². The zero-order valence-electron chi connectivity index (χ0n) is 14.3. The Morgan fingerprint density at radius 3 is 2.67 bits per heavy atom. The maximum atomic E-state index is 10.3. The van der Waals surface area contributed by atoms with Crippen LogP contribution in [-0.2, 0) is 11.3 Å². The summed E-state index contributed by atoms with van der Waals surface area (Å²) in [7, 11) is 0. The molecule has 2 atom stereocenters. The molecule has 5 heteroatoms. The van der Waals surface area contributed by atoms with Crippen LogP contribution in [0.3, 0.4) is 0 Å². The highest BCUT2D eigenvalue weighted by Gasteiger charge is 2.24. The van der Waals surface area contributed by atoms with Crippen LogP contribution in [0.4, 0.5) is 0 Å². The second-order valence-corrected chi connectivity index (χ2v) is 7.00. The summed E-state index contributed by atoms with van der Waals surface area (Å²) in [6.45, 7) is 6.99. The van der Waals surface area contributed by atoms with Crippen molar-refractivity contribution in [2.24, 2.45) is 0 Å². The molecule has 2 aromatic rings. The second kappa shape index (κ2) is 6.89. The van der Waals surface area contributed by atoms with Crippen LogP contribution < -0.4 is 10.1 Å². The van der Waals surface area contributed by atoms with Gasteiger partial charge in [-0.2, -0.15) is 0 Å². The van der Waals surface area contributed by atoms with E-state index in [1.165, 1.54) is 0 Å². The van der Waals surface area contributed by atoms with Crippen molar-refractivity contribution in [2.75, 3.05) is 6.54 Å². The molecule has 0 bridgehead atoms. The molecule has 3 rings (SSSR count).